The van der Waals surface area contributed by atoms with Gasteiger partial charge in [-0.15, -0.1) is 0 Å². The van der Waals surface area contributed by atoms with Crippen LogP contribution in [-0.4, -0.2) is 29.4 Å². The van der Waals surface area contributed by atoms with Crippen LogP contribution in [0.2, 0.25) is 0 Å². The highest BCUT2D eigenvalue weighted by atomic mass is 16.2. The van der Waals surface area contributed by atoms with Crippen molar-refractivity contribution in [3.63, 3.8) is 0 Å². The summed E-state index contributed by atoms with van der Waals surface area (Å²) < 4.78 is 0. The minimum atomic E-state index is -0.188. The van der Waals surface area contributed by atoms with E-state index in [4.69, 9.17) is 0 Å². The van der Waals surface area contributed by atoms with Crippen molar-refractivity contribution in [3.8, 4) is 0 Å². The maximum Gasteiger partial charge on any atom is 0.324 e. The molecule has 3 fully saturated rings. The lowest BCUT2D eigenvalue weighted by Crippen LogP contribution is -2.32. The molecule has 3 atom stereocenters. The van der Waals surface area contributed by atoms with Crippen molar-refractivity contribution in [2.45, 2.75) is 12.5 Å². The second-order valence-electron chi connectivity index (χ2n) is 3.55. The monoisotopic (exact) mass is 152 g/mol. The van der Waals surface area contributed by atoms with Gasteiger partial charge in [-0.25, -0.2) is 4.79 Å². The minimum absolute atomic E-state index is 0.0833. The van der Waals surface area contributed by atoms with Crippen molar-refractivity contribution in [3.05, 3.63) is 0 Å². The van der Waals surface area contributed by atoms with E-state index in [-0.39, 0.29) is 18.0 Å². The number of hydrogen-bond donors (Lipinski definition) is 1. The highest BCUT2D eigenvalue weighted by Crippen LogP contribution is 2.50. The van der Waals surface area contributed by atoms with E-state index in [2.05, 4.69) is 5.32 Å². The summed E-state index contributed by atoms with van der Waals surface area (Å²) in [5, 5.41) is 2.32. The first-order chi connectivity index (χ1) is 5.27. The highest BCUT2D eigenvalue weighted by Gasteiger charge is 2.60. The van der Waals surface area contributed by atoms with E-state index in [1.54, 1.807) is 4.90 Å². The Balaban J connectivity index is 2.00. The smallest absolute Gasteiger partial charge is 0.312 e. The number of rotatable bonds is 0. The molecule has 2 aliphatic heterocycles. The summed E-state index contributed by atoms with van der Waals surface area (Å²) in [6.45, 7) is 0.799. The Labute approximate surface area is 63.5 Å². The maximum absolute atomic E-state index is 11.1. The SMILES string of the molecule is O=C1NC(=O)N2C[C@@H]3C[C@@H]3C12. The summed E-state index contributed by atoms with van der Waals surface area (Å²) in [5.41, 5.74) is 0. The summed E-state index contributed by atoms with van der Waals surface area (Å²) in [4.78, 5) is 23.8. The number of carbonyl (C=O) groups excluding carboxylic acids is 2. The summed E-state index contributed by atoms with van der Waals surface area (Å²) in [6.07, 6.45) is 1.14. The molecule has 0 aromatic rings. The first-order valence-electron chi connectivity index (χ1n) is 3.89. The number of nitrogens with zero attached hydrogens (tertiary/aromatic N) is 1. The highest BCUT2D eigenvalue weighted by molar-refractivity contribution is 6.05. The number of piperidine rings is 1. The zero-order chi connectivity index (χ0) is 7.59. The lowest BCUT2D eigenvalue weighted by molar-refractivity contribution is -0.121. The van der Waals surface area contributed by atoms with Gasteiger partial charge in [0.05, 0.1) is 0 Å². The van der Waals surface area contributed by atoms with Crippen molar-refractivity contribution in [1.82, 2.24) is 10.2 Å². The minimum Gasteiger partial charge on any atom is -0.312 e. The lowest BCUT2D eigenvalue weighted by Gasteiger charge is -2.13. The summed E-state index contributed by atoms with van der Waals surface area (Å²) in [6, 6.07) is -0.292. The largest absolute Gasteiger partial charge is 0.324 e. The predicted octanol–water partition coefficient (Wildman–Crippen LogP) is -0.444. The molecule has 1 aliphatic carbocycles. The van der Waals surface area contributed by atoms with Gasteiger partial charge in [0.25, 0.3) is 5.91 Å². The standard InChI is InChI=1S/C7H8N2O2/c10-6-5-4-1-3(4)2-9(5)7(11)8-6/h3-5H,1-2H2,(H,8,10,11)/t3-,4-,5?/m0/s1. The van der Waals surface area contributed by atoms with Gasteiger partial charge in [-0.3, -0.25) is 10.1 Å². The Bertz CT molecular complexity index is 263. The third-order valence-corrected chi connectivity index (χ3v) is 2.91. The third kappa shape index (κ3) is 0.514. The molecule has 2 heterocycles. The van der Waals surface area contributed by atoms with Crippen LogP contribution in [0.25, 0.3) is 0 Å². The normalized spacial score (nSPS) is 45.5. The molecule has 0 spiro atoms. The average molecular weight is 152 g/mol. The van der Waals surface area contributed by atoms with Crippen LogP contribution < -0.4 is 5.32 Å². The molecular formula is C7H8N2O2. The molecule has 58 valence electrons. The quantitative estimate of drug-likeness (QED) is 0.478. The van der Waals surface area contributed by atoms with Gasteiger partial charge in [-0.2, -0.15) is 0 Å². The first-order valence-corrected chi connectivity index (χ1v) is 3.89. The average Bonchev–Trinajstić information content (AvgIpc) is 2.51. The third-order valence-electron chi connectivity index (χ3n) is 2.91. The molecule has 0 aromatic carbocycles. The van der Waals surface area contributed by atoms with Crippen LogP contribution >= 0.6 is 0 Å². The van der Waals surface area contributed by atoms with Gasteiger partial charge in [-0.1, -0.05) is 0 Å². The molecular weight excluding hydrogens is 144 g/mol. The van der Waals surface area contributed by atoms with Gasteiger partial charge >= 0.3 is 6.03 Å². The van der Waals surface area contributed by atoms with Crippen LogP contribution in [0.5, 0.6) is 0 Å². The summed E-state index contributed by atoms with van der Waals surface area (Å²) in [5.74, 6) is 1.04. The van der Waals surface area contributed by atoms with Crippen molar-refractivity contribution in [1.29, 1.82) is 0 Å². The first kappa shape index (κ1) is 5.57. The molecule has 1 N–H and O–H groups in total. The fourth-order valence-electron chi connectivity index (χ4n) is 2.26. The molecule has 1 saturated carbocycles. The Morgan fingerprint density at radius 1 is 1.45 bits per heavy atom. The van der Waals surface area contributed by atoms with E-state index in [0.717, 1.165) is 13.0 Å². The second-order valence-corrected chi connectivity index (χ2v) is 3.55. The number of imide groups is 1. The van der Waals surface area contributed by atoms with E-state index >= 15 is 0 Å². The molecule has 0 bridgehead atoms. The number of urea groups is 1. The molecule has 2 saturated heterocycles. The molecule has 3 aliphatic rings. The van der Waals surface area contributed by atoms with E-state index in [1.807, 2.05) is 0 Å². The van der Waals surface area contributed by atoms with E-state index in [1.165, 1.54) is 0 Å². The van der Waals surface area contributed by atoms with Crippen molar-refractivity contribution in [2.75, 3.05) is 6.54 Å². The molecule has 11 heavy (non-hydrogen) atoms. The zero-order valence-corrected chi connectivity index (χ0v) is 5.91. The molecule has 0 radical (unpaired) electrons. The Hall–Kier alpha value is -1.06. The molecule has 3 amide bonds. The molecule has 4 nitrogen and oxygen atoms in total. The number of nitrogens with one attached hydrogen (secondary N) is 1. The van der Waals surface area contributed by atoms with Crippen molar-refractivity contribution in [2.24, 2.45) is 11.8 Å². The van der Waals surface area contributed by atoms with Crippen LogP contribution in [0.1, 0.15) is 6.42 Å². The molecule has 0 aromatic heterocycles. The maximum atomic E-state index is 11.1. The summed E-state index contributed by atoms with van der Waals surface area (Å²) >= 11 is 0. The molecule has 4 heteroatoms. The lowest BCUT2D eigenvalue weighted by atomic mass is 10.2. The van der Waals surface area contributed by atoms with Gasteiger partial charge in [0.2, 0.25) is 0 Å². The second kappa shape index (κ2) is 1.42. The molecule has 1 unspecified atom stereocenters. The van der Waals surface area contributed by atoms with Gasteiger partial charge in [-0.05, 0) is 18.3 Å². The van der Waals surface area contributed by atoms with Crippen LogP contribution in [0.3, 0.4) is 0 Å². The topological polar surface area (TPSA) is 49.4 Å². The van der Waals surface area contributed by atoms with Crippen LogP contribution in [0.4, 0.5) is 4.79 Å². The number of fused-ring (bicyclic) bond motifs is 3. The van der Waals surface area contributed by atoms with Crippen LogP contribution in [0, 0.1) is 11.8 Å². The summed E-state index contributed by atoms with van der Waals surface area (Å²) in [7, 11) is 0. The fraction of sp³-hybridized carbons (Fsp3) is 0.714. The Kier molecular flexibility index (Phi) is 0.718. The number of hydrogen-bond acceptors (Lipinski definition) is 2. The molecule has 3 rings (SSSR count). The van der Waals surface area contributed by atoms with Gasteiger partial charge in [0, 0.05) is 6.54 Å². The Morgan fingerprint density at radius 2 is 2.27 bits per heavy atom. The Morgan fingerprint density at radius 3 is 3.00 bits per heavy atom. The van der Waals surface area contributed by atoms with Crippen molar-refractivity contribution < 1.29 is 9.59 Å². The zero-order valence-electron chi connectivity index (χ0n) is 5.91. The van der Waals surface area contributed by atoms with Gasteiger partial charge < -0.3 is 4.90 Å². The van der Waals surface area contributed by atoms with E-state index < -0.39 is 0 Å². The fourth-order valence-corrected chi connectivity index (χ4v) is 2.26. The van der Waals surface area contributed by atoms with Gasteiger partial charge in [0.1, 0.15) is 6.04 Å². The number of carbonyl (C=O) groups is 2. The van der Waals surface area contributed by atoms with Crippen molar-refractivity contribution >= 4 is 11.9 Å². The van der Waals surface area contributed by atoms with Crippen LogP contribution in [-0.2, 0) is 4.79 Å². The number of amides is 3. The van der Waals surface area contributed by atoms with E-state index in [0.29, 0.717) is 11.8 Å². The van der Waals surface area contributed by atoms with E-state index in [9.17, 15) is 9.59 Å². The predicted molar refractivity (Wildman–Crippen MR) is 35.6 cm³/mol. The van der Waals surface area contributed by atoms with Gasteiger partial charge in [0.15, 0.2) is 0 Å². The van der Waals surface area contributed by atoms with Crippen LogP contribution in [0.15, 0.2) is 0 Å².